The minimum absolute atomic E-state index is 0.0388. The number of hydrogen-bond acceptors (Lipinski definition) is 1. The molecule has 4 heteroatoms. The quantitative estimate of drug-likeness (QED) is 0.894. The van der Waals surface area contributed by atoms with Crippen LogP contribution in [0.4, 0.5) is 8.78 Å². The van der Waals surface area contributed by atoms with Crippen molar-refractivity contribution in [3.8, 4) is 0 Å². The number of aliphatic hydroxyl groups is 1. The summed E-state index contributed by atoms with van der Waals surface area (Å²) < 4.78 is 27.1. The molecule has 0 saturated carbocycles. The van der Waals surface area contributed by atoms with Crippen LogP contribution in [0.5, 0.6) is 0 Å². The summed E-state index contributed by atoms with van der Waals surface area (Å²) in [7, 11) is 0. The van der Waals surface area contributed by atoms with Gasteiger partial charge in [-0.05, 0) is 42.3 Å². The molecule has 2 aromatic rings. The molecule has 0 bridgehead atoms. The average molecular weight is 283 g/mol. The van der Waals surface area contributed by atoms with Crippen molar-refractivity contribution < 1.29 is 13.9 Å². The zero-order valence-corrected chi connectivity index (χ0v) is 11.1. The molecule has 1 N–H and O–H groups in total. The van der Waals surface area contributed by atoms with Crippen molar-refractivity contribution in [1.82, 2.24) is 0 Å². The van der Waals surface area contributed by atoms with Crippen LogP contribution >= 0.6 is 11.6 Å². The van der Waals surface area contributed by atoms with Crippen LogP contribution in [0.25, 0.3) is 0 Å². The minimum Gasteiger partial charge on any atom is -0.388 e. The molecule has 0 saturated heterocycles. The first-order valence-corrected chi connectivity index (χ1v) is 6.23. The Morgan fingerprint density at radius 1 is 1.16 bits per heavy atom. The first-order valence-electron chi connectivity index (χ1n) is 5.85. The Labute approximate surface area is 115 Å². The number of aryl methyl sites for hydroxylation is 1. The lowest BCUT2D eigenvalue weighted by Gasteiger charge is -2.13. The Hall–Kier alpha value is -1.45. The van der Waals surface area contributed by atoms with Crippen LogP contribution in [0.3, 0.4) is 0 Å². The normalized spacial score (nSPS) is 12.5. The van der Waals surface area contributed by atoms with Crippen LogP contribution in [0.15, 0.2) is 36.4 Å². The van der Waals surface area contributed by atoms with E-state index in [0.717, 1.165) is 17.7 Å². The minimum atomic E-state index is -1.10. The molecule has 19 heavy (non-hydrogen) atoms. The zero-order valence-electron chi connectivity index (χ0n) is 10.3. The molecule has 0 fully saturated rings. The first-order chi connectivity index (χ1) is 8.97. The maximum atomic E-state index is 13.7. The van der Waals surface area contributed by atoms with Crippen molar-refractivity contribution >= 4 is 11.6 Å². The van der Waals surface area contributed by atoms with Crippen LogP contribution in [0, 0.1) is 18.6 Å². The van der Waals surface area contributed by atoms with E-state index in [2.05, 4.69) is 0 Å². The van der Waals surface area contributed by atoms with Crippen molar-refractivity contribution in [3.05, 3.63) is 69.7 Å². The van der Waals surface area contributed by atoms with Crippen molar-refractivity contribution in [1.29, 1.82) is 0 Å². The predicted molar refractivity (Wildman–Crippen MR) is 71.2 cm³/mol. The van der Waals surface area contributed by atoms with Gasteiger partial charge in [-0.2, -0.15) is 0 Å². The molecular formula is C15H13ClF2O. The second-order valence-electron chi connectivity index (χ2n) is 4.47. The molecule has 0 heterocycles. The zero-order chi connectivity index (χ0) is 14.0. The van der Waals surface area contributed by atoms with E-state index in [4.69, 9.17) is 11.6 Å². The van der Waals surface area contributed by atoms with Crippen LogP contribution in [0.2, 0.25) is 5.02 Å². The topological polar surface area (TPSA) is 20.2 Å². The van der Waals surface area contributed by atoms with Gasteiger partial charge in [-0.3, -0.25) is 0 Å². The Balaban J connectivity index is 2.25. The van der Waals surface area contributed by atoms with E-state index in [9.17, 15) is 13.9 Å². The third-order valence-corrected chi connectivity index (χ3v) is 3.19. The molecule has 1 unspecified atom stereocenters. The summed E-state index contributed by atoms with van der Waals surface area (Å²) in [5.74, 6) is -1.13. The summed E-state index contributed by atoms with van der Waals surface area (Å²) in [6.07, 6.45) is -0.923. The Bertz CT molecular complexity index is 599. The van der Waals surface area contributed by atoms with Crippen molar-refractivity contribution in [2.45, 2.75) is 19.4 Å². The molecule has 2 aromatic carbocycles. The van der Waals surface area contributed by atoms with E-state index in [1.165, 1.54) is 6.92 Å². The molecule has 0 aliphatic carbocycles. The number of halogens is 3. The lowest BCUT2D eigenvalue weighted by Crippen LogP contribution is -2.06. The Morgan fingerprint density at radius 2 is 1.89 bits per heavy atom. The lowest BCUT2D eigenvalue weighted by atomic mass is 9.99. The molecule has 1 atom stereocenters. The Kier molecular flexibility index (Phi) is 4.17. The summed E-state index contributed by atoms with van der Waals surface area (Å²) >= 11 is 5.84. The lowest BCUT2D eigenvalue weighted by molar-refractivity contribution is 0.173. The maximum Gasteiger partial charge on any atom is 0.129 e. The predicted octanol–water partition coefficient (Wildman–Crippen LogP) is 4.20. The molecular weight excluding hydrogens is 270 g/mol. The molecule has 1 nitrogen and oxygen atoms in total. The highest BCUT2D eigenvalue weighted by atomic mass is 35.5. The van der Waals surface area contributed by atoms with E-state index in [1.807, 2.05) is 0 Å². The summed E-state index contributed by atoms with van der Waals surface area (Å²) in [5.41, 5.74) is 0.944. The van der Waals surface area contributed by atoms with Gasteiger partial charge in [0, 0.05) is 17.0 Å². The van der Waals surface area contributed by atoms with E-state index < -0.39 is 17.7 Å². The van der Waals surface area contributed by atoms with Gasteiger partial charge in [0.15, 0.2) is 0 Å². The van der Waals surface area contributed by atoms with Gasteiger partial charge in [-0.1, -0.05) is 23.7 Å². The summed E-state index contributed by atoms with van der Waals surface area (Å²) in [6, 6.07) is 9.05. The molecule has 0 aliphatic rings. The van der Waals surface area contributed by atoms with Gasteiger partial charge in [0.25, 0.3) is 0 Å². The molecule has 0 amide bonds. The second kappa shape index (κ2) is 5.68. The highest BCUT2D eigenvalue weighted by molar-refractivity contribution is 6.30. The third-order valence-electron chi connectivity index (χ3n) is 2.96. The third kappa shape index (κ3) is 3.31. The fourth-order valence-electron chi connectivity index (χ4n) is 1.91. The van der Waals surface area contributed by atoms with E-state index >= 15 is 0 Å². The highest BCUT2D eigenvalue weighted by Gasteiger charge is 2.16. The van der Waals surface area contributed by atoms with Crippen molar-refractivity contribution in [2.24, 2.45) is 0 Å². The number of aliphatic hydroxyl groups excluding tert-OH is 1. The first kappa shape index (κ1) is 14.0. The number of rotatable bonds is 3. The second-order valence-corrected chi connectivity index (χ2v) is 4.91. The van der Waals surface area contributed by atoms with Crippen LogP contribution < -0.4 is 0 Å². The largest absolute Gasteiger partial charge is 0.388 e. The molecule has 0 spiro atoms. The Morgan fingerprint density at radius 3 is 2.58 bits per heavy atom. The number of hydrogen-bond donors (Lipinski definition) is 1. The van der Waals surface area contributed by atoms with Gasteiger partial charge in [0.1, 0.15) is 11.6 Å². The molecule has 0 aromatic heterocycles. The standard InChI is InChI=1S/C15H13ClF2O/c1-9-5-14(18)12(8-13(9)17)15(19)7-10-3-2-4-11(16)6-10/h2-6,8,15,19H,7H2,1H3. The van der Waals surface area contributed by atoms with Gasteiger partial charge >= 0.3 is 0 Å². The SMILES string of the molecule is Cc1cc(F)c(C(O)Cc2cccc(Cl)c2)cc1F. The number of benzene rings is 2. The molecule has 0 aliphatic heterocycles. The van der Waals surface area contributed by atoms with Crippen LogP contribution in [0.1, 0.15) is 22.8 Å². The van der Waals surface area contributed by atoms with Crippen LogP contribution in [-0.4, -0.2) is 5.11 Å². The van der Waals surface area contributed by atoms with Crippen molar-refractivity contribution in [3.63, 3.8) is 0 Å². The van der Waals surface area contributed by atoms with Gasteiger partial charge in [-0.15, -0.1) is 0 Å². The van der Waals surface area contributed by atoms with Gasteiger partial charge in [-0.25, -0.2) is 8.78 Å². The smallest absolute Gasteiger partial charge is 0.129 e. The average Bonchev–Trinajstić information content (AvgIpc) is 2.33. The van der Waals surface area contributed by atoms with Gasteiger partial charge < -0.3 is 5.11 Å². The summed E-state index contributed by atoms with van der Waals surface area (Å²) in [4.78, 5) is 0. The molecule has 2 rings (SSSR count). The summed E-state index contributed by atoms with van der Waals surface area (Å²) in [5, 5.41) is 10.6. The fourth-order valence-corrected chi connectivity index (χ4v) is 2.13. The highest BCUT2D eigenvalue weighted by Crippen LogP contribution is 2.24. The molecule has 100 valence electrons. The van der Waals surface area contributed by atoms with Gasteiger partial charge in [0.05, 0.1) is 6.10 Å². The summed E-state index contributed by atoms with van der Waals surface area (Å²) in [6.45, 7) is 1.48. The molecule has 0 radical (unpaired) electrons. The van der Waals surface area contributed by atoms with Gasteiger partial charge in [0.2, 0.25) is 0 Å². The van der Waals surface area contributed by atoms with E-state index in [0.29, 0.717) is 5.02 Å². The van der Waals surface area contributed by atoms with E-state index in [1.54, 1.807) is 24.3 Å². The van der Waals surface area contributed by atoms with Crippen molar-refractivity contribution in [2.75, 3.05) is 0 Å². The van der Waals surface area contributed by atoms with E-state index in [-0.39, 0.29) is 17.5 Å². The monoisotopic (exact) mass is 282 g/mol. The fraction of sp³-hybridized carbons (Fsp3) is 0.200. The van der Waals surface area contributed by atoms with Crippen LogP contribution in [-0.2, 0) is 6.42 Å². The maximum absolute atomic E-state index is 13.7.